The van der Waals surface area contributed by atoms with Crippen LogP contribution in [0.1, 0.15) is 60.4 Å². The van der Waals surface area contributed by atoms with E-state index in [2.05, 4.69) is 25.2 Å². The minimum absolute atomic E-state index is 0.685. The lowest BCUT2D eigenvalue weighted by Crippen LogP contribution is -2.20. The van der Waals surface area contributed by atoms with Crippen LogP contribution < -0.4 is 5.32 Å². The van der Waals surface area contributed by atoms with E-state index in [-0.39, 0.29) is 0 Å². The van der Waals surface area contributed by atoms with E-state index in [4.69, 9.17) is 0 Å². The zero-order chi connectivity index (χ0) is 10.4. The zero-order valence-electron chi connectivity index (χ0n) is 9.55. The van der Waals surface area contributed by atoms with Gasteiger partial charge in [0.25, 0.3) is 0 Å². The Morgan fingerprint density at radius 2 is 2.13 bits per heavy atom. The van der Waals surface area contributed by atoms with Gasteiger partial charge in [-0.05, 0) is 43.2 Å². The van der Waals surface area contributed by atoms with Gasteiger partial charge in [0.15, 0.2) is 0 Å². The SMILES string of the molecule is CC(C)c1cc2c(s1)C(NC1CC1)CC2. The van der Waals surface area contributed by atoms with Crippen molar-refractivity contribution in [2.75, 3.05) is 0 Å². The molecule has 0 spiro atoms. The highest BCUT2D eigenvalue weighted by atomic mass is 32.1. The molecule has 2 aliphatic carbocycles. The Morgan fingerprint density at radius 3 is 2.80 bits per heavy atom. The summed E-state index contributed by atoms with van der Waals surface area (Å²) in [5.74, 6) is 0.696. The summed E-state index contributed by atoms with van der Waals surface area (Å²) in [6.45, 7) is 4.59. The molecule has 3 rings (SSSR count). The van der Waals surface area contributed by atoms with E-state index in [1.807, 2.05) is 11.3 Å². The molecule has 1 N–H and O–H groups in total. The van der Waals surface area contributed by atoms with Crippen LogP contribution in [0.3, 0.4) is 0 Å². The fraction of sp³-hybridized carbons (Fsp3) is 0.692. The molecule has 1 aromatic heterocycles. The molecule has 2 aliphatic rings. The summed E-state index contributed by atoms with van der Waals surface area (Å²) < 4.78 is 0. The zero-order valence-corrected chi connectivity index (χ0v) is 10.4. The molecule has 1 nitrogen and oxygen atoms in total. The lowest BCUT2D eigenvalue weighted by molar-refractivity contribution is 0.532. The van der Waals surface area contributed by atoms with E-state index in [9.17, 15) is 0 Å². The van der Waals surface area contributed by atoms with Gasteiger partial charge in [0.2, 0.25) is 0 Å². The average molecular weight is 221 g/mol. The van der Waals surface area contributed by atoms with Gasteiger partial charge in [0.05, 0.1) is 0 Å². The minimum Gasteiger partial charge on any atom is -0.306 e. The van der Waals surface area contributed by atoms with Gasteiger partial charge in [0.1, 0.15) is 0 Å². The molecule has 0 radical (unpaired) electrons. The smallest absolute Gasteiger partial charge is 0.0422 e. The van der Waals surface area contributed by atoms with Crippen LogP contribution in [0.5, 0.6) is 0 Å². The molecule has 0 saturated heterocycles. The van der Waals surface area contributed by atoms with Crippen molar-refractivity contribution in [3.8, 4) is 0 Å². The van der Waals surface area contributed by atoms with Crippen molar-refractivity contribution in [1.29, 1.82) is 0 Å². The Balaban J connectivity index is 1.81. The van der Waals surface area contributed by atoms with Crippen LogP contribution in [0, 0.1) is 0 Å². The van der Waals surface area contributed by atoms with Gasteiger partial charge in [0, 0.05) is 21.8 Å². The first-order valence-electron chi connectivity index (χ1n) is 6.12. The topological polar surface area (TPSA) is 12.0 Å². The summed E-state index contributed by atoms with van der Waals surface area (Å²) in [5, 5.41) is 3.77. The van der Waals surface area contributed by atoms with Crippen LogP contribution in [0.25, 0.3) is 0 Å². The van der Waals surface area contributed by atoms with E-state index >= 15 is 0 Å². The summed E-state index contributed by atoms with van der Waals surface area (Å²) >= 11 is 2.05. The average Bonchev–Trinajstić information content (AvgIpc) is 2.76. The minimum atomic E-state index is 0.685. The van der Waals surface area contributed by atoms with E-state index in [1.165, 1.54) is 25.7 Å². The van der Waals surface area contributed by atoms with Crippen molar-refractivity contribution < 1.29 is 0 Å². The summed E-state index contributed by atoms with van der Waals surface area (Å²) in [4.78, 5) is 3.22. The van der Waals surface area contributed by atoms with Crippen LogP contribution in [0.2, 0.25) is 0 Å². The van der Waals surface area contributed by atoms with Crippen molar-refractivity contribution >= 4 is 11.3 Å². The molecule has 1 heterocycles. The second-order valence-electron chi connectivity index (χ2n) is 5.23. The standard InChI is InChI=1S/C13H19NS/c1-8(2)12-7-9-3-6-11(13(9)15-12)14-10-4-5-10/h7-8,10-11,14H,3-6H2,1-2H3. The van der Waals surface area contributed by atoms with Crippen molar-refractivity contribution in [2.45, 2.75) is 57.5 Å². The van der Waals surface area contributed by atoms with Crippen LogP contribution >= 0.6 is 11.3 Å². The van der Waals surface area contributed by atoms with E-state index in [0.717, 1.165) is 6.04 Å². The highest BCUT2D eigenvalue weighted by Crippen LogP contribution is 2.41. The maximum atomic E-state index is 3.77. The number of hydrogen-bond acceptors (Lipinski definition) is 2. The molecule has 2 heteroatoms. The molecule has 0 aromatic carbocycles. The molecule has 1 fully saturated rings. The third-order valence-corrected chi connectivity index (χ3v) is 5.05. The highest BCUT2D eigenvalue weighted by Gasteiger charge is 2.31. The fourth-order valence-electron chi connectivity index (χ4n) is 2.36. The van der Waals surface area contributed by atoms with E-state index in [0.29, 0.717) is 12.0 Å². The number of thiophene rings is 1. The molecule has 1 aromatic rings. The Bertz CT molecular complexity index is 363. The van der Waals surface area contributed by atoms with Crippen molar-refractivity contribution in [3.63, 3.8) is 0 Å². The molecule has 1 atom stereocenters. The number of rotatable bonds is 3. The van der Waals surface area contributed by atoms with Crippen LogP contribution in [-0.4, -0.2) is 6.04 Å². The molecule has 15 heavy (non-hydrogen) atoms. The maximum absolute atomic E-state index is 3.77. The molecule has 0 aliphatic heterocycles. The lowest BCUT2D eigenvalue weighted by atomic mass is 10.1. The van der Waals surface area contributed by atoms with Crippen LogP contribution in [0.15, 0.2) is 6.07 Å². The molecular weight excluding hydrogens is 202 g/mol. The van der Waals surface area contributed by atoms with Crippen molar-refractivity contribution in [2.24, 2.45) is 0 Å². The molecule has 0 amide bonds. The summed E-state index contributed by atoms with van der Waals surface area (Å²) in [6.07, 6.45) is 5.42. The van der Waals surface area contributed by atoms with Crippen molar-refractivity contribution in [3.05, 3.63) is 21.4 Å². The lowest BCUT2D eigenvalue weighted by Gasteiger charge is -2.11. The third kappa shape index (κ3) is 1.85. The maximum Gasteiger partial charge on any atom is 0.0422 e. The summed E-state index contributed by atoms with van der Waals surface area (Å²) in [7, 11) is 0. The Hall–Kier alpha value is -0.340. The molecular formula is C13H19NS. The first-order valence-corrected chi connectivity index (χ1v) is 6.94. The monoisotopic (exact) mass is 221 g/mol. The summed E-state index contributed by atoms with van der Waals surface area (Å²) in [6, 6.07) is 3.97. The van der Waals surface area contributed by atoms with Gasteiger partial charge in [-0.15, -0.1) is 11.3 Å². The van der Waals surface area contributed by atoms with Gasteiger partial charge in [-0.2, -0.15) is 0 Å². The second-order valence-corrected chi connectivity index (χ2v) is 6.34. The van der Waals surface area contributed by atoms with E-state index in [1.54, 1.807) is 15.3 Å². The van der Waals surface area contributed by atoms with Crippen molar-refractivity contribution in [1.82, 2.24) is 5.32 Å². The Kier molecular flexibility index (Phi) is 2.37. The molecule has 0 bridgehead atoms. The number of hydrogen-bond donors (Lipinski definition) is 1. The van der Waals surface area contributed by atoms with Crippen LogP contribution in [0.4, 0.5) is 0 Å². The fourth-order valence-corrected chi connectivity index (χ4v) is 3.68. The normalized spacial score (nSPS) is 24.9. The molecule has 82 valence electrons. The van der Waals surface area contributed by atoms with Gasteiger partial charge in [-0.3, -0.25) is 0 Å². The van der Waals surface area contributed by atoms with E-state index < -0.39 is 0 Å². The largest absolute Gasteiger partial charge is 0.306 e. The predicted octanol–water partition coefficient (Wildman–Crippen LogP) is 3.61. The number of fused-ring (bicyclic) bond motifs is 1. The van der Waals surface area contributed by atoms with Gasteiger partial charge in [-0.25, -0.2) is 0 Å². The first-order chi connectivity index (χ1) is 7.24. The molecule has 1 unspecified atom stereocenters. The first kappa shape index (κ1) is 9.86. The Labute approximate surface area is 95.9 Å². The second kappa shape index (κ2) is 3.60. The highest BCUT2D eigenvalue weighted by molar-refractivity contribution is 7.12. The Morgan fingerprint density at radius 1 is 1.33 bits per heavy atom. The predicted molar refractivity (Wildman–Crippen MR) is 65.6 cm³/mol. The number of aryl methyl sites for hydroxylation is 1. The van der Waals surface area contributed by atoms with Crippen LogP contribution in [-0.2, 0) is 6.42 Å². The summed E-state index contributed by atoms with van der Waals surface area (Å²) in [5.41, 5.74) is 1.63. The van der Waals surface area contributed by atoms with Gasteiger partial charge >= 0.3 is 0 Å². The quantitative estimate of drug-likeness (QED) is 0.822. The van der Waals surface area contributed by atoms with Gasteiger partial charge < -0.3 is 5.32 Å². The van der Waals surface area contributed by atoms with Gasteiger partial charge in [-0.1, -0.05) is 13.8 Å². The number of nitrogens with one attached hydrogen (secondary N) is 1. The molecule has 1 saturated carbocycles. The third-order valence-electron chi connectivity index (χ3n) is 3.46.